The molecule has 2 atom stereocenters. The molecule has 0 aromatic heterocycles. The molecule has 76 valence electrons. The summed E-state index contributed by atoms with van der Waals surface area (Å²) in [5.41, 5.74) is 0. The lowest BCUT2D eigenvalue weighted by Gasteiger charge is -2.27. The van der Waals surface area contributed by atoms with Gasteiger partial charge in [0.25, 0.3) is 0 Å². The first-order valence-electron chi connectivity index (χ1n) is 5.39. The molecule has 0 heterocycles. The van der Waals surface area contributed by atoms with Crippen LogP contribution in [-0.2, 0) is 9.53 Å². The molecular formula is C11H20O2. The van der Waals surface area contributed by atoms with Crippen LogP contribution >= 0.6 is 0 Å². The second kappa shape index (κ2) is 5.25. The van der Waals surface area contributed by atoms with Crippen LogP contribution in [0.1, 0.15) is 46.0 Å². The molecule has 13 heavy (non-hydrogen) atoms. The molecule has 0 N–H and O–H groups in total. The zero-order chi connectivity index (χ0) is 9.68. The van der Waals surface area contributed by atoms with Crippen LogP contribution in [0.15, 0.2) is 0 Å². The number of esters is 1. The Morgan fingerprint density at radius 3 is 2.69 bits per heavy atom. The second-order valence-electron chi connectivity index (χ2n) is 4.03. The summed E-state index contributed by atoms with van der Waals surface area (Å²) >= 11 is 0. The van der Waals surface area contributed by atoms with Gasteiger partial charge in [-0.2, -0.15) is 0 Å². The predicted molar refractivity (Wildman–Crippen MR) is 52.4 cm³/mol. The highest BCUT2D eigenvalue weighted by Crippen LogP contribution is 2.31. The minimum Gasteiger partial charge on any atom is -0.466 e. The summed E-state index contributed by atoms with van der Waals surface area (Å²) in [6.07, 6.45) is 5.74. The summed E-state index contributed by atoms with van der Waals surface area (Å²) in [6.45, 7) is 4.63. The summed E-state index contributed by atoms with van der Waals surface area (Å²) in [6, 6.07) is 0. The van der Waals surface area contributed by atoms with E-state index in [0.717, 1.165) is 0 Å². The summed E-state index contributed by atoms with van der Waals surface area (Å²) < 4.78 is 4.95. The first kappa shape index (κ1) is 10.6. The molecule has 0 radical (unpaired) electrons. The molecule has 0 aliphatic heterocycles. The zero-order valence-corrected chi connectivity index (χ0v) is 8.71. The van der Waals surface area contributed by atoms with Crippen LogP contribution in [0, 0.1) is 11.8 Å². The monoisotopic (exact) mass is 184 g/mol. The van der Waals surface area contributed by atoms with Gasteiger partial charge >= 0.3 is 5.97 Å². The first-order chi connectivity index (χ1) is 6.24. The van der Waals surface area contributed by atoms with Crippen LogP contribution in [0.3, 0.4) is 0 Å². The van der Waals surface area contributed by atoms with Gasteiger partial charge in [0.2, 0.25) is 0 Å². The van der Waals surface area contributed by atoms with E-state index in [1.54, 1.807) is 0 Å². The third-order valence-electron chi connectivity index (χ3n) is 3.02. The van der Waals surface area contributed by atoms with Crippen LogP contribution in [0.25, 0.3) is 0 Å². The maximum Gasteiger partial charge on any atom is 0.306 e. The normalized spacial score (nSPS) is 28.5. The lowest BCUT2D eigenvalue weighted by molar-refractivity contribution is -0.144. The van der Waals surface area contributed by atoms with Crippen molar-refractivity contribution in [3.63, 3.8) is 0 Å². The first-order valence-corrected chi connectivity index (χ1v) is 5.39. The van der Waals surface area contributed by atoms with Gasteiger partial charge in [-0.15, -0.1) is 0 Å². The standard InChI is InChI=1S/C11H20O2/c1-3-13-11(12)8-10-7-5-4-6-9(10)2/h9-10H,3-8H2,1-2H3/t9-,10?/m1/s1. The highest BCUT2D eigenvalue weighted by atomic mass is 16.5. The van der Waals surface area contributed by atoms with Gasteiger partial charge in [-0.05, 0) is 25.2 Å². The van der Waals surface area contributed by atoms with E-state index < -0.39 is 0 Å². The molecule has 0 aromatic rings. The van der Waals surface area contributed by atoms with Crippen LogP contribution in [0.4, 0.5) is 0 Å². The summed E-state index contributed by atoms with van der Waals surface area (Å²) in [7, 11) is 0. The van der Waals surface area contributed by atoms with E-state index in [1.165, 1.54) is 25.7 Å². The van der Waals surface area contributed by atoms with E-state index in [4.69, 9.17) is 4.74 Å². The summed E-state index contributed by atoms with van der Waals surface area (Å²) in [4.78, 5) is 11.2. The van der Waals surface area contributed by atoms with Crippen molar-refractivity contribution in [2.24, 2.45) is 11.8 Å². The van der Waals surface area contributed by atoms with Crippen LogP contribution < -0.4 is 0 Å². The fourth-order valence-electron chi connectivity index (χ4n) is 2.13. The molecule has 0 aromatic carbocycles. The Labute approximate surface area is 80.7 Å². The van der Waals surface area contributed by atoms with Crippen molar-refractivity contribution in [1.82, 2.24) is 0 Å². The van der Waals surface area contributed by atoms with Crippen molar-refractivity contribution in [2.75, 3.05) is 6.61 Å². The van der Waals surface area contributed by atoms with Crippen molar-refractivity contribution in [3.05, 3.63) is 0 Å². The quantitative estimate of drug-likeness (QED) is 0.630. The number of hydrogen-bond donors (Lipinski definition) is 0. The average molecular weight is 184 g/mol. The molecule has 0 amide bonds. The molecule has 1 saturated carbocycles. The highest BCUT2D eigenvalue weighted by molar-refractivity contribution is 5.69. The van der Waals surface area contributed by atoms with E-state index >= 15 is 0 Å². The number of carbonyl (C=O) groups is 1. The summed E-state index contributed by atoms with van der Waals surface area (Å²) in [5.74, 6) is 1.27. The largest absolute Gasteiger partial charge is 0.466 e. The lowest BCUT2D eigenvalue weighted by atomic mass is 9.79. The second-order valence-corrected chi connectivity index (χ2v) is 4.03. The maximum atomic E-state index is 11.2. The van der Waals surface area contributed by atoms with Crippen molar-refractivity contribution in [3.8, 4) is 0 Å². The van der Waals surface area contributed by atoms with Gasteiger partial charge in [0.1, 0.15) is 0 Å². The molecule has 1 aliphatic rings. The van der Waals surface area contributed by atoms with Gasteiger partial charge in [-0.25, -0.2) is 0 Å². The third-order valence-corrected chi connectivity index (χ3v) is 3.02. The van der Waals surface area contributed by atoms with Gasteiger partial charge in [0.15, 0.2) is 0 Å². The van der Waals surface area contributed by atoms with Crippen LogP contribution in [-0.4, -0.2) is 12.6 Å². The van der Waals surface area contributed by atoms with Gasteiger partial charge in [-0.1, -0.05) is 26.2 Å². The average Bonchev–Trinajstić information content (AvgIpc) is 2.09. The topological polar surface area (TPSA) is 26.3 Å². The van der Waals surface area contributed by atoms with Gasteiger partial charge in [0, 0.05) is 6.42 Å². The number of carbonyl (C=O) groups excluding carboxylic acids is 1. The molecule has 0 saturated heterocycles. The molecule has 1 fully saturated rings. The van der Waals surface area contributed by atoms with Gasteiger partial charge < -0.3 is 4.74 Å². The lowest BCUT2D eigenvalue weighted by Crippen LogP contribution is -2.21. The van der Waals surface area contributed by atoms with Crippen LogP contribution in [0.5, 0.6) is 0 Å². The fourth-order valence-corrected chi connectivity index (χ4v) is 2.13. The van der Waals surface area contributed by atoms with E-state index in [9.17, 15) is 4.79 Å². The smallest absolute Gasteiger partial charge is 0.306 e. The SMILES string of the molecule is CCOC(=O)CC1CCCC[C@H]1C. The molecule has 2 heteroatoms. The molecule has 1 aliphatic carbocycles. The number of hydrogen-bond acceptors (Lipinski definition) is 2. The van der Waals surface area contributed by atoms with E-state index in [-0.39, 0.29) is 5.97 Å². The number of ether oxygens (including phenoxy) is 1. The Morgan fingerprint density at radius 2 is 2.08 bits per heavy atom. The molecule has 0 spiro atoms. The minimum atomic E-state index is -0.0127. The van der Waals surface area contributed by atoms with E-state index in [1.807, 2.05) is 6.92 Å². The van der Waals surface area contributed by atoms with Crippen LogP contribution in [0.2, 0.25) is 0 Å². The Bertz CT molecular complexity index is 165. The molecular weight excluding hydrogens is 164 g/mol. The number of rotatable bonds is 3. The highest BCUT2D eigenvalue weighted by Gasteiger charge is 2.23. The van der Waals surface area contributed by atoms with Crippen molar-refractivity contribution >= 4 is 5.97 Å². The molecule has 1 unspecified atom stereocenters. The van der Waals surface area contributed by atoms with E-state index in [2.05, 4.69) is 6.92 Å². The molecule has 2 nitrogen and oxygen atoms in total. The van der Waals surface area contributed by atoms with Gasteiger partial charge in [0.05, 0.1) is 6.61 Å². The van der Waals surface area contributed by atoms with Crippen molar-refractivity contribution in [2.45, 2.75) is 46.0 Å². The Morgan fingerprint density at radius 1 is 1.38 bits per heavy atom. The third kappa shape index (κ3) is 3.37. The maximum absolute atomic E-state index is 11.2. The molecule has 1 rings (SSSR count). The fraction of sp³-hybridized carbons (Fsp3) is 0.909. The van der Waals surface area contributed by atoms with Crippen molar-refractivity contribution < 1.29 is 9.53 Å². The van der Waals surface area contributed by atoms with E-state index in [0.29, 0.717) is 24.9 Å². The Balaban J connectivity index is 2.29. The Hall–Kier alpha value is -0.530. The molecule has 0 bridgehead atoms. The Kier molecular flexibility index (Phi) is 4.26. The minimum absolute atomic E-state index is 0.0127. The summed E-state index contributed by atoms with van der Waals surface area (Å²) in [5, 5.41) is 0. The predicted octanol–water partition coefficient (Wildman–Crippen LogP) is 2.77. The zero-order valence-electron chi connectivity index (χ0n) is 8.71. The van der Waals surface area contributed by atoms with Gasteiger partial charge in [-0.3, -0.25) is 4.79 Å². The van der Waals surface area contributed by atoms with Crippen molar-refractivity contribution in [1.29, 1.82) is 0 Å².